The minimum atomic E-state index is 0.644. The summed E-state index contributed by atoms with van der Waals surface area (Å²) in [5.74, 6) is 0.833. The molecule has 0 bridgehead atoms. The van der Waals surface area contributed by atoms with Crippen molar-refractivity contribution in [3.05, 3.63) is 54.1 Å². The zero-order valence-corrected chi connectivity index (χ0v) is 11.2. The first-order chi connectivity index (χ1) is 9.83. The van der Waals surface area contributed by atoms with Crippen molar-refractivity contribution in [3.8, 4) is 17.0 Å². The van der Waals surface area contributed by atoms with Gasteiger partial charge < -0.3 is 9.72 Å². The maximum Gasteiger partial charge on any atom is 0.152 e. The van der Waals surface area contributed by atoms with Crippen molar-refractivity contribution in [2.24, 2.45) is 0 Å². The van der Waals surface area contributed by atoms with Crippen LogP contribution in [-0.2, 0) is 0 Å². The largest absolute Gasteiger partial charge is 0.494 e. The lowest BCUT2D eigenvalue weighted by molar-refractivity contribution is 0.112. The van der Waals surface area contributed by atoms with Gasteiger partial charge in [0.25, 0.3) is 0 Å². The van der Waals surface area contributed by atoms with Gasteiger partial charge in [0.15, 0.2) is 6.29 Å². The monoisotopic (exact) mass is 265 g/mol. The number of ether oxygens (including phenoxy) is 1. The topological polar surface area (TPSA) is 42.1 Å². The first kappa shape index (κ1) is 12.5. The van der Waals surface area contributed by atoms with Crippen LogP contribution in [0.25, 0.3) is 22.2 Å². The molecule has 0 aliphatic rings. The van der Waals surface area contributed by atoms with Crippen LogP contribution in [0.5, 0.6) is 5.75 Å². The van der Waals surface area contributed by atoms with E-state index in [0.29, 0.717) is 12.2 Å². The Morgan fingerprint density at radius 3 is 2.55 bits per heavy atom. The summed E-state index contributed by atoms with van der Waals surface area (Å²) in [5.41, 5.74) is 3.50. The van der Waals surface area contributed by atoms with Gasteiger partial charge in [0, 0.05) is 16.5 Å². The van der Waals surface area contributed by atoms with E-state index < -0.39 is 0 Å². The van der Waals surface area contributed by atoms with Crippen molar-refractivity contribution in [2.45, 2.75) is 6.92 Å². The molecule has 0 fully saturated rings. The summed E-state index contributed by atoms with van der Waals surface area (Å²) in [5, 5.41) is 0.950. The number of rotatable bonds is 4. The molecule has 1 N–H and O–H groups in total. The van der Waals surface area contributed by atoms with Crippen LogP contribution in [0.15, 0.2) is 48.5 Å². The molecule has 1 heterocycles. The highest BCUT2D eigenvalue weighted by molar-refractivity contribution is 6.04. The molecular formula is C17H15NO2. The number of aromatic nitrogens is 1. The van der Waals surface area contributed by atoms with Crippen molar-refractivity contribution in [3.63, 3.8) is 0 Å². The van der Waals surface area contributed by atoms with Crippen molar-refractivity contribution in [2.75, 3.05) is 6.61 Å². The minimum Gasteiger partial charge on any atom is -0.494 e. The van der Waals surface area contributed by atoms with Gasteiger partial charge in [0.2, 0.25) is 0 Å². The van der Waals surface area contributed by atoms with Gasteiger partial charge in [0.1, 0.15) is 5.75 Å². The summed E-state index contributed by atoms with van der Waals surface area (Å²) in [6.45, 7) is 2.60. The summed E-state index contributed by atoms with van der Waals surface area (Å²) in [6.07, 6.45) is 0.907. The number of carbonyl (C=O) groups excluding carboxylic acids is 1. The van der Waals surface area contributed by atoms with Crippen molar-refractivity contribution < 1.29 is 9.53 Å². The van der Waals surface area contributed by atoms with E-state index in [0.717, 1.165) is 34.2 Å². The van der Waals surface area contributed by atoms with E-state index in [4.69, 9.17) is 4.74 Å². The second-order valence-corrected chi connectivity index (χ2v) is 4.53. The van der Waals surface area contributed by atoms with Gasteiger partial charge in [-0.3, -0.25) is 4.79 Å². The standard InChI is InChI=1S/C17H15NO2/c1-2-20-13-9-7-12(8-10-13)17-15(11-19)14-5-3-4-6-16(14)18-17/h3-11,18H,2H2,1H3. The lowest BCUT2D eigenvalue weighted by Gasteiger charge is -2.04. The predicted octanol–water partition coefficient (Wildman–Crippen LogP) is 4.05. The molecule has 0 saturated carbocycles. The number of carbonyl (C=O) groups is 1. The molecule has 1 aromatic heterocycles. The third-order valence-corrected chi connectivity index (χ3v) is 3.32. The number of hydrogen-bond donors (Lipinski definition) is 1. The van der Waals surface area contributed by atoms with Crippen molar-refractivity contribution in [1.29, 1.82) is 0 Å². The van der Waals surface area contributed by atoms with Crippen LogP contribution in [0.3, 0.4) is 0 Å². The number of fused-ring (bicyclic) bond motifs is 1. The Bertz CT molecular complexity index is 741. The SMILES string of the molecule is CCOc1ccc(-c2[nH]c3ccccc3c2C=O)cc1. The molecule has 2 aromatic carbocycles. The first-order valence-corrected chi connectivity index (χ1v) is 6.62. The normalized spacial score (nSPS) is 10.7. The van der Waals surface area contributed by atoms with Crippen LogP contribution in [0.1, 0.15) is 17.3 Å². The number of nitrogens with one attached hydrogen (secondary N) is 1. The van der Waals surface area contributed by atoms with Crippen LogP contribution in [0.4, 0.5) is 0 Å². The number of benzene rings is 2. The lowest BCUT2D eigenvalue weighted by atomic mass is 10.1. The summed E-state index contributed by atoms with van der Waals surface area (Å²) in [4.78, 5) is 14.7. The molecule has 3 aromatic rings. The number of H-pyrrole nitrogens is 1. The Balaban J connectivity index is 2.11. The molecule has 0 aliphatic heterocycles. The van der Waals surface area contributed by atoms with Gasteiger partial charge in [-0.2, -0.15) is 0 Å². The van der Waals surface area contributed by atoms with E-state index >= 15 is 0 Å². The van der Waals surface area contributed by atoms with E-state index in [1.54, 1.807) is 0 Å². The predicted molar refractivity (Wildman–Crippen MR) is 80.3 cm³/mol. The van der Waals surface area contributed by atoms with Crippen LogP contribution >= 0.6 is 0 Å². The molecule has 0 amide bonds. The molecule has 100 valence electrons. The summed E-state index contributed by atoms with van der Waals surface area (Å²) >= 11 is 0. The number of para-hydroxylation sites is 1. The summed E-state index contributed by atoms with van der Waals surface area (Å²) < 4.78 is 5.43. The average molecular weight is 265 g/mol. The van der Waals surface area contributed by atoms with Gasteiger partial charge in [-0.15, -0.1) is 0 Å². The Labute approximate surface area is 117 Å². The fraction of sp³-hybridized carbons (Fsp3) is 0.118. The number of aromatic amines is 1. The van der Waals surface area contributed by atoms with Gasteiger partial charge in [-0.05, 0) is 42.8 Å². The van der Waals surface area contributed by atoms with E-state index in [9.17, 15) is 4.79 Å². The van der Waals surface area contributed by atoms with Gasteiger partial charge in [-0.1, -0.05) is 18.2 Å². The Kier molecular flexibility index (Phi) is 3.25. The molecule has 0 unspecified atom stereocenters. The summed E-state index contributed by atoms with van der Waals surface area (Å²) in [7, 11) is 0. The Morgan fingerprint density at radius 2 is 1.85 bits per heavy atom. The summed E-state index contributed by atoms with van der Waals surface area (Å²) in [6, 6.07) is 15.6. The van der Waals surface area contributed by atoms with Gasteiger partial charge in [0.05, 0.1) is 12.3 Å². The third kappa shape index (κ3) is 2.07. The highest BCUT2D eigenvalue weighted by Gasteiger charge is 2.11. The second kappa shape index (κ2) is 5.21. The average Bonchev–Trinajstić information content (AvgIpc) is 2.87. The third-order valence-electron chi connectivity index (χ3n) is 3.32. The molecule has 3 nitrogen and oxygen atoms in total. The first-order valence-electron chi connectivity index (χ1n) is 6.62. The number of hydrogen-bond acceptors (Lipinski definition) is 2. The fourth-order valence-corrected chi connectivity index (χ4v) is 2.40. The Morgan fingerprint density at radius 1 is 1.10 bits per heavy atom. The molecule has 0 radical (unpaired) electrons. The van der Waals surface area contributed by atoms with Crippen LogP contribution < -0.4 is 4.74 Å². The van der Waals surface area contributed by atoms with Crippen molar-refractivity contribution in [1.82, 2.24) is 4.98 Å². The maximum atomic E-state index is 11.4. The quantitative estimate of drug-likeness (QED) is 0.723. The highest BCUT2D eigenvalue weighted by atomic mass is 16.5. The molecule has 3 heteroatoms. The molecule has 0 aliphatic carbocycles. The van der Waals surface area contributed by atoms with E-state index in [1.165, 1.54) is 0 Å². The smallest absolute Gasteiger partial charge is 0.152 e. The van der Waals surface area contributed by atoms with E-state index in [-0.39, 0.29) is 0 Å². The van der Waals surface area contributed by atoms with Crippen molar-refractivity contribution >= 4 is 17.2 Å². The van der Waals surface area contributed by atoms with Gasteiger partial charge >= 0.3 is 0 Å². The van der Waals surface area contributed by atoms with E-state index in [2.05, 4.69) is 4.98 Å². The maximum absolute atomic E-state index is 11.4. The van der Waals surface area contributed by atoms with Crippen LogP contribution in [0, 0.1) is 0 Å². The zero-order valence-electron chi connectivity index (χ0n) is 11.2. The molecule has 20 heavy (non-hydrogen) atoms. The van der Waals surface area contributed by atoms with E-state index in [1.807, 2.05) is 55.5 Å². The Hall–Kier alpha value is -2.55. The minimum absolute atomic E-state index is 0.644. The van der Waals surface area contributed by atoms with Crippen LogP contribution in [0.2, 0.25) is 0 Å². The van der Waals surface area contributed by atoms with Gasteiger partial charge in [-0.25, -0.2) is 0 Å². The zero-order chi connectivity index (χ0) is 13.9. The molecule has 3 rings (SSSR count). The fourth-order valence-electron chi connectivity index (χ4n) is 2.40. The molecule has 0 atom stereocenters. The lowest BCUT2D eigenvalue weighted by Crippen LogP contribution is -1.91. The number of aldehydes is 1. The molecular weight excluding hydrogens is 250 g/mol. The highest BCUT2D eigenvalue weighted by Crippen LogP contribution is 2.30. The molecule has 0 saturated heterocycles. The van der Waals surface area contributed by atoms with Crippen LogP contribution in [-0.4, -0.2) is 17.9 Å². The second-order valence-electron chi connectivity index (χ2n) is 4.53. The molecule has 0 spiro atoms.